The molecule has 0 bridgehead atoms. The SMILES string of the molecule is CCN(Cc1ccn(C(C)C)n1)CC(C)(C)CN. The Balaban J connectivity index is 2.62. The third kappa shape index (κ3) is 4.42. The van der Waals surface area contributed by atoms with Gasteiger partial charge in [-0.1, -0.05) is 20.8 Å². The molecule has 0 aromatic carbocycles. The van der Waals surface area contributed by atoms with Crippen LogP contribution < -0.4 is 5.73 Å². The van der Waals surface area contributed by atoms with Gasteiger partial charge in [0, 0.05) is 25.3 Å². The summed E-state index contributed by atoms with van der Waals surface area (Å²) < 4.78 is 2.01. The molecule has 0 spiro atoms. The Morgan fingerprint density at radius 1 is 1.44 bits per heavy atom. The Morgan fingerprint density at radius 2 is 2.11 bits per heavy atom. The minimum absolute atomic E-state index is 0.163. The zero-order valence-electron chi connectivity index (χ0n) is 12.5. The molecular formula is C14H28N4. The van der Waals surface area contributed by atoms with E-state index in [-0.39, 0.29) is 5.41 Å². The first kappa shape index (κ1) is 15.2. The molecule has 0 aliphatic carbocycles. The van der Waals surface area contributed by atoms with Gasteiger partial charge >= 0.3 is 0 Å². The topological polar surface area (TPSA) is 47.1 Å². The summed E-state index contributed by atoms with van der Waals surface area (Å²) in [6, 6.07) is 2.53. The summed E-state index contributed by atoms with van der Waals surface area (Å²) in [5.41, 5.74) is 7.10. The molecule has 0 unspecified atom stereocenters. The lowest BCUT2D eigenvalue weighted by molar-refractivity contribution is 0.181. The molecule has 4 heteroatoms. The van der Waals surface area contributed by atoms with Gasteiger partial charge in [0.2, 0.25) is 0 Å². The van der Waals surface area contributed by atoms with E-state index < -0.39 is 0 Å². The standard InChI is InChI=1S/C14H28N4/c1-6-17(11-14(4,5)10-15)9-13-7-8-18(16-13)12(2)3/h7-8,12H,6,9-11,15H2,1-5H3. The minimum atomic E-state index is 0.163. The van der Waals surface area contributed by atoms with E-state index in [0.717, 1.165) is 25.3 Å². The summed E-state index contributed by atoms with van der Waals surface area (Å²) in [6.07, 6.45) is 2.06. The van der Waals surface area contributed by atoms with E-state index in [1.165, 1.54) is 0 Å². The molecule has 1 rings (SSSR count). The second-order valence-electron chi connectivity index (χ2n) is 6.05. The highest BCUT2D eigenvalue weighted by molar-refractivity contribution is 4.99. The highest BCUT2D eigenvalue weighted by atomic mass is 15.3. The van der Waals surface area contributed by atoms with E-state index in [4.69, 9.17) is 5.73 Å². The second-order valence-corrected chi connectivity index (χ2v) is 6.05. The van der Waals surface area contributed by atoms with Crippen molar-refractivity contribution < 1.29 is 0 Å². The van der Waals surface area contributed by atoms with Crippen molar-refractivity contribution in [2.75, 3.05) is 19.6 Å². The zero-order valence-corrected chi connectivity index (χ0v) is 12.5. The normalized spacial score (nSPS) is 12.7. The Bertz CT molecular complexity index is 354. The quantitative estimate of drug-likeness (QED) is 0.810. The van der Waals surface area contributed by atoms with E-state index in [1.807, 2.05) is 4.68 Å². The van der Waals surface area contributed by atoms with Crippen LogP contribution in [0, 0.1) is 5.41 Å². The smallest absolute Gasteiger partial charge is 0.0764 e. The van der Waals surface area contributed by atoms with Crippen LogP contribution in [0.1, 0.15) is 46.4 Å². The molecule has 1 heterocycles. The van der Waals surface area contributed by atoms with Crippen LogP contribution >= 0.6 is 0 Å². The zero-order chi connectivity index (χ0) is 13.8. The van der Waals surface area contributed by atoms with Gasteiger partial charge in [-0.05, 0) is 38.4 Å². The molecule has 0 radical (unpaired) electrons. The van der Waals surface area contributed by atoms with Gasteiger partial charge < -0.3 is 5.73 Å². The first-order valence-electron chi connectivity index (χ1n) is 6.84. The number of hydrogen-bond acceptors (Lipinski definition) is 3. The third-order valence-electron chi connectivity index (χ3n) is 3.23. The van der Waals surface area contributed by atoms with E-state index in [1.54, 1.807) is 0 Å². The molecular weight excluding hydrogens is 224 g/mol. The number of nitrogens with zero attached hydrogens (tertiary/aromatic N) is 3. The number of hydrogen-bond donors (Lipinski definition) is 1. The summed E-state index contributed by atoms with van der Waals surface area (Å²) >= 11 is 0. The first-order chi connectivity index (χ1) is 8.38. The van der Waals surface area contributed by atoms with Crippen molar-refractivity contribution in [3.63, 3.8) is 0 Å². The van der Waals surface area contributed by atoms with Crippen molar-refractivity contribution in [2.24, 2.45) is 11.1 Å². The van der Waals surface area contributed by atoms with Gasteiger partial charge in [-0.2, -0.15) is 5.10 Å². The molecule has 18 heavy (non-hydrogen) atoms. The van der Waals surface area contributed by atoms with Crippen molar-refractivity contribution in [3.8, 4) is 0 Å². The number of aromatic nitrogens is 2. The Labute approximate surface area is 111 Å². The van der Waals surface area contributed by atoms with E-state index in [2.05, 4.69) is 56.9 Å². The number of rotatable bonds is 7. The molecule has 0 saturated carbocycles. The van der Waals surface area contributed by atoms with E-state index >= 15 is 0 Å². The molecule has 0 aliphatic heterocycles. The van der Waals surface area contributed by atoms with Crippen LogP contribution in [-0.4, -0.2) is 34.3 Å². The summed E-state index contributed by atoms with van der Waals surface area (Å²) in [5, 5.41) is 4.60. The van der Waals surface area contributed by atoms with Crippen molar-refractivity contribution in [1.82, 2.24) is 14.7 Å². The third-order valence-corrected chi connectivity index (χ3v) is 3.23. The largest absolute Gasteiger partial charge is 0.330 e. The van der Waals surface area contributed by atoms with Crippen LogP contribution in [0.15, 0.2) is 12.3 Å². The summed E-state index contributed by atoms with van der Waals surface area (Å²) in [4.78, 5) is 2.40. The molecule has 0 saturated heterocycles. The van der Waals surface area contributed by atoms with E-state index in [0.29, 0.717) is 12.6 Å². The molecule has 104 valence electrons. The Morgan fingerprint density at radius 3 is 2.56 bits per heavy atom. The maximum atomic E-state index is 5.80. The fourth-order valence-corrected chi connectivity index (χ4v) is 1.93. The molecule has 1 aromatic heterocycles. The van der Waals surface area contributed by atoms with Crippen molar-refractivity contribution >= 4 is 0 Å². The fraction of sp³-hybridized carbons (Fsp3) is 0.786. The molecule has 0 fully saturated rings. The highest BCUT2D eigenvalue weighted by Crippen LogP contribution is 2.16. The van der Waals surface area contributed by atoms with Gasteiger partial charge in [0.1, 0.15) is 0 Å². The van der Waals surface area contributed by atoms with Crippen LogP contribution in [0.5, 0.6) is 0 Å². The first-order valence-corrected chi connectivity index (χ1v) is 6.84. The lowest BCUT2D eigenvalue weighted by atomic mass is 9.93. The van der Waals surface area contributed by atoms with Gasteiger partial charge in [0.05, 0.1) is 5.69 Å². The van der Waals surface area contributed by atoms with Gasteiger partial charge in [-0.25, -0.2) is 0 Å². The molecule has 0 amide bonds. The van der Waals surface area contributed by atoms with Crippen LogP contribution in [0.2, 0.25) is 0 Å². The maximum Gasteiger partial charge on any atom is 0.0764 e. The van der Waals surface area contributed by atoms with Crippen LogP contribution in [0.3, 0.4) is 0 Å². The van der Waals surface area contributed by atoms with Gasteiger partial charge in [-0.3, -0.25) is 9.58 Å². The average Bonchev–Trinajstić information content (AvgIpc) is 2.76. The summed E-state index contributed by atoms with van der Waals surface area (Å²) in [5.74, 6) is 0. The number of nitrogens with two attached hydrogens (primary N) is 1. The van der Waals surface area contributed by atoms with Gasteiger partial charge in [-0.15, -0.1) is 0 Å². The van der Waals surface area contributed by atoms with Crippen molar-refractivity contribution in [2.45, 2.75) is 47.2 Å². The predicted molar refractivity (Wildman–Crippen MR) is 76.4 cm³/mol. The predicted octanol–water partition coefficient (Wildman–Crippen LogP) is 2.27. The summed E-state index contributed by atoms with van der Waals surface area (Å²) in [6.45, 7) is 14.5. The monoisotopic (exact) mass is 252 g/mol. The lowest BCUT2D eigenvalue weighted by Crippen LogP contribution is -2.38. The lowest BCUT2D eigenvalue weighted by Gasteiger charge is -2.30. The Hall–Kier alpha value is -0.870. The highest BCUT2D eigenvalue weighted by Gasteiger charge is 2.20. The molecule has 4 nitrogen and oxygen atoms in total. The van der Waals surface area contributed by atoms with Crippen LogP contribution in [0.4, 0.5) is 0 Å². The molecule has 2 N–H and O–H groups in total. The summed E-state index contributed by atoms with van der Waals surface area (Å²) in [7, 11) is 0. The molecule has 0 aliphatic rings. The maximum absolute atomic E-state index is 5.80. The molecule has 0 atom stereocenters. The average molecular weight is 252 g/mol. The van der Waals surface area contributed by atoms with E-state index in [9.17, 15) is 0 Å². The van der Waals surface area contributed by atoms with Crippen molar-refractivity contribution in [3.05, 3.63) is 18.0 Å². The van der Waals surface area contributed by atoms with Crippen LogP contribution in [0.25, 0.3) is 0 Å². The fourth-order valence-electron chi connectivity index (χ4n) is 1.93. The van der Waals surface area contributed by atoms with Crippen LogP contribution in [-0.2, 0) is 6.54 Å². The minimum Gasteiger partial charge on any atom is -0.330 e. The molecule has 1 aromatic rings. The van der Waals surface area contributed by atoms with Crippen molar-refractivity contribution in [1.29, 1.82) is 0 Å². The second kappa shape index (κ2) is 6.34. The van der Waals surface area contributed by atoms with Gasteiger partial charge in [0.25, 0.3) is 0 Å². The van der Waals surface area contributed by atoms with Gasteiger partial charge in [0.15, 0.2) is 0 Å². The Kier molecular flexibility index (Phi) is 5.35.